The van der Waals surface area contributed by atoms with Crippen LogP contribution in [0.25, 0.3) is 11.1 Å². The van der Waals surface area contributed by atoms with E-state index in [-0.39, 0.29) is 30.5 Å². The van der Waals surface area contributed by atoms with E-state index in [2.05, 4.69) is 10.3 Å². The first-order valence-corrected chi connectivity index (χ1v) is 12.1. The molecule has 0 radical (unpaired) electrons. The summed E-state index contributed by atoms with van der Waals surface area (Å²) in [6.07, 6.45) is -1.95. The molecule has 0 bridgehead atoms. The largest absolute Gasteiger partial charge is 0.496 e. The Morgan fingerprint density at radius 1 is 1.00 bits per heavy atom. The number of alkyl halides is 3. The number of halogens is 3. The molecule has 1 aromatic heterocycles. The Bertz CT molecular complexity index is 1250. The lowest BCUT2D eigenvalue weighted by Crippen LogP contribution is -2.39. The summed E-state index contributed by atoms with van der Waals surface area (Å²) >= 11 is 0. The van der Waals surface area contributed by atoms with Crippen molar-refractivity contribution in [2.24, 2.45) is 0 Å². The number of nitrogens with one attached hydrogen (secondary N) is 1. The zero-order chi connectivity index (χ0) is 27.7. The molecule has 0 saturated carbocycles. The van der Waals surface area contributed by atoms with Crippen LogP contribution < -0.4 is 10.1 Å². The molecular weight excluding hydrogens is 499 g/mol. The Labute approximate surface area is 219 Å². The number of amides is 2. The predicted octanol–water partition coefficient (Wildman–Crippen LogP) is 5.61. The summed E-state index contributed by atoms with van der Waals surface area (Å²) in [5.41, 5.74) is 1.38. The van der Waals surface area contributed by atoms with Gasteiger partial charge < -0.3 is 19.7 Å². The number of carbonyl (C=O) groups is 2. The van der Waals surface area contributed by atoms with Gasteiger partial charge in [0.1, 0.15) is 5.75 Å². The van der Waals surface area contributed by atoms with Crippen LogP contribution in [-0.2, 0) is 35.2 Å². The van der Waals surface area contributed by atoms with E-state index in [1.165, 1.54) is 13.2 Å². The van der Waals surface area contributed by atoms with Crippen LogP contribution in [0.3, 0.4) is 0 Å². The van der Waals surface area contributed by atoms with Gasteiger partial charge in [0.25, 0.3) is 0 Å². The van der Waals surface area contributed by atoms with E-state index in [9.17, 15) is 22.8 Å². The van der Waals surface area contributed by atoms with Crippen molar-refractivity contribution in [3.63, 3.8) is 0 Å². The minimum Gasteiger partial charge on any atom is -0.496 e. The van der Waals surface area contributed by atoms with E-state index in [0.29, 0.717) is 29.8 Å². The van der Waals surface area contributed by atoms with Crippen LogP contribution in [0, 0.1) is 0 Å². The molecule has 1 N–H and O–H groups in total. The average molecular weight is 530 g/mol. The van der Waals surface area contributed by atoms with E-state index in [0.717, 1.165) is 11.6 Å². The molecule has 10 heteroatoms. The molecule has 2 amide bonds. The van der Waals surface area contributed by atoms with Crippen molar-refractivity contribution in [3.05, 3.63) is 83.2 Å². The summed E-state index contributed by atoms with van der Waals surface area (Å²) < 4.78 is 51.8. The Morgan fingerprint density at radius 2 is 1.71 bits per heavy atom. The summed E-state index contributed by atoms with van der Waals surface area (Å²) in [6.45, 7) is 4.41. The van der Waals surface area contributed by atoms with Crippen LogP contribution in [0.4, 0.5) is 18.0 Å². The van der Waals surface area contributed by atoms with Crippen molar-refractivity contribution in [2.75, 3.05) is 20.3 Å². The van der Waals surface area contributed by atoms with E-state index < -0.39 is 24.1 Å². The summed E-state index contributed by atoms with van der Waals surface area (Å²) in [5.74, 6) is -0.756. The van der Waals surface area contributed by atoms with Gasteiger partial charge in [0, 0.05) is 37.6 Å². The van der Waals surface area contributed by atoms with E-state index in [4.69, 9.17) is 9.47 Å². The third kappa shape index (κ3) is 7.24. The first-order chi connectivity index (χ1) is 18.2. The minimum absolute atomic E-state index is 0.00238. The molecule has 38 heavy (non-hydrogen) atoms. The van der Waals surface area contributed by atoms with Crippen molar-refractivity contribution < 1.29 is 32.2 Å². The van der Waals surface area contributed by atoms with Crippen LogP contribution in [0.2, 0.25) is 0 Å². The second kappa shape index (κ2) is 12.9. The Kier molecular flexibility index (Phi) is 9.70. The number of hydrogen-bond donors (Lipinski definition) is 1. The van der Waals surface area contributed by atoms with Gasteiger partial charge in [-0.1, -0.05) is 24.3 Å². The number of ether oxygens (including phenoxy) is 2. The maximum Gasteiger partial charge on any atom is 0.416 e. The number of benzene rings is 2. The zero-order valence-corrected chi connectivity index (χ0v) is 21.5. The molecule has 202 valence electrons. The number of aromatic nitrogens is 1. The van der Waals surface area contributed by atoms with Gasteiger partial charge in [-0.05, 0) is 60.4 Å². The summed E-state index contributed by atoms with van der Waals surface area (Å²) in [6, 6.07) is 12.6. The van der Waals surface area contributed by atoms with Crippen LogP contribution in [0.15, 0.2) is 60.9 Å². The van der Waals surface area contributed by atoms with Gasteiger partial charge in [-0.15, -0.1) is 0 Å². The molecule has 0 fully saturated rings. The standard InChI is InChI=1S/C28H30F3N3O4/c1-4-34(27(36)33-17-19-10-12-32-13-11-19)18-20-8-6-7-9-22(20)23-14-21(15-26(35)38-5-2)24(28(29,30)31)16-25(23)37-3/h6-14,16H,4-5,15,17-18H2,1-3H3,(H,33,36). The van der Waals surface area contributed by atoms with Gasteiger partial charge in [0.2, 0.25) is 0 Å². The van der Waals surface area contributed by atoms with Crippen LogP contribution in [-0.4, -0.2) is 42.1 Å². The van der Waals surface area contributed by atoms with Crippen molar-refractivity contribution in [1.29, 1.82) is 0 Å². The SMILES string of the molecule is CCOC(=O)Cc1cc(-c2ccccc2CN(CC)C(=O)NCc2ccncc2)c(OC)cc1C(F)(F)F. The van der Waals surface area contributed by atoms with Crippen LogP contribution in [0.1, 0.15) is 36.1 Å². The van der Waals surface area contributed by atoms with Crippen molar-refractivity contribution >= 4 is 12.0 Å². The first-order valence-electron chi connectivity index (χ1n) is 12.1. The van der Waals surface area contributed by atoms with Gasteiger partial charge in [0.05, 0.1) is 25.7 Å². The molecular formula is C28H30F3N3O4. The molecule has 0 saturated heterocycles. The fourth-order valence-corrected chi connectivity index (χ4v) is 4.03. The van der Waals surface area contributed by atoms with Gasteiger partial charge in [-0.3, -0.25) is 9.78 Å². The Balaban J connectivity index is 1.96. The number of methoxy groups -OCH3 is 1. The number of esters is 1. The third-order valence-corrected chi connectivity index (χ3v) is 5.90. The molecule has 3 rings (SSSR count). The molecule has 2 aromatic carbocycles. The smallest absolute Gasteiger partial charge is 0.416 e. The van der Waals surface area contributed by atoms with Crippen molar-refractivity contribution in [2.45, 2.75) is 39.5 Å². The third-order valence-electron chi connectivity index (χ3n) is 5.90. The van der Waals surface area contributed by atoms with Crippen molar-refractivity contribution in [3.8, 4) is 16.9 Å². The Morgan fingerprint density at radius 3 is 2.34 bits per heavy atom. The van der Waals surface area contributed by atoms with E-state index in [1.54, 1.807) is 60.6 Å². The molecule has 0 atom stereocenters. The lowest BCUT2D eigenvalue weighted by atomic mass is 9.93. The second-order valence-corrected chi connectivity index (χ2v) is 8.37. The maximum atomic E-state index is 13.9. The molecule has 0 aliphatic rings. The highest BCUT2D eigenvalue weighted by Gasteiger charge is 2.35. The highest BCUT2D eigenvalue weighted by Crippen LogP contribution is 2.41. The van der Waals surface area contributed by atoms with E-state index >= 15 is 0 Å². The van der Waals surface area contributed by atoms with Gasteiger partial charge in [0.15, 0.2) is 0 Å². The molecule has 0 unspecified atom stereocenters. The van der Waals surface area contributed by atoms with Gasteiger partial charge in [-0.25, -0.2) is 4.79 Å². The normalized spacial score (nSPS) is 11.1. The summed E-state index contributed by atoms with van der Waals surface area (Å²) in [4.78, 5) is 30.6. The summed E-state index contributed by atoms with van der Waals surface area (Å²) in [5, 5.41) is 2.88. The Hall–Kier alpha value is -4.08. The number of hydrogen-bond acceptors (Lipinski definition) is 5. The highest BCUT2D eigenvalue weighted by atomic mass is 19.4. The number of rotatable bonds is 10. The fourth-order valence-electron chi connectivity index (χ4n) is 4.03. The number of carbonyl (C=O) groups excluding carboxylic acids is 2. The minimum atomic E-state index is -4.70. The highest BCUT2D eigenvalue weighted by molar-refractivity contribution is 5.79. The monoisotopic (exact) mass is 529 g/mol. The lowest BCUT2D eigenvalue weighted by Gasteiger charge is -2.24. The maximum absolute atomic E-state index is 13.9. The number of nitrogens with zero attached hydrogens (tertiary/aromatic N) is 2. The van der Waals surface area contributed by atoms with Crippen LogP contribution >= 0.6 is 0 Å². The molecule has 0 aliphatic carbocycles. The first kappa shape index (κ1) is 28.5. The summed E-state index contributed by atoms with van der Waals surface area (Å²) in [7, 11) is 1.29. The molecule has 0 aliphatic heterocycles. The molecule has 0 spiro atoms. The zero-order valence-electron chi connectivity index (χ0n) is 21.5. The molecule has 3 aromatic rings. The van der Waals surface area contributed by atoms with Gasteiger partial charge >= 0.3 is 18.2 Å². The molecule has 1 heterocycles. The second-order valence-electron chi connectivity index (χ2n) is 8.37. The topological polar surface area (TPSA) is 80.8 Å². The fraction of sp³-hybridized carbons (Fsp3) is 0.321. The van der Waals surface area contributed by atoms with E-state index in [1.807, 2.05) is 6.92 Å². The van der Waals surface area contributed by atoms with Gasteiger partial charge in [-0.2, -0.15) is 13.2 Å². The quantitative estimate of drug-likeness (QED) is 0.345. The predicted molar refractivity (Wildman–Crippen MR) is 136 cm³/mol. The molecule has 7 nitrogen and oxygen atoms in total. The lowest BCUT2D eigenvalue weighted by molar-refractivity contribution is -0.143. The average Bonchev–Trinajstić information content (AvgIpc) is 2.90. The van der Waals surface area contributed by atoms with Crippen molar-refractivity contribution in [1.82, 2.24) is 15.2 Å². The number of urea groups is 1. The van der Waals surface area contributed by atoms with Crippen LogP contribution in [0.5, 0.6) is 5.75 Å². The number of pyridine rings is 1.